The van der Waals surface area contributed by atoms with E-state index in [1.165, 1.54) is 57.8 Å². The van der Waals surface area contributed by atoms with E-state index in [-0.39, 0.29) is 26.1 Å². The van der Waals surface area contributed by atoms with Gasteiger partial charge in [0.2, 0.25) is 0 Å². The molecule has 11 atom stereocenters. The summed E-state index contributed by atoms with van der Waals surface area (Å²) in [6.07, 6.45) is 9.89. The smallest absolute Gasteiger partial charge is 0.306 e. The Bertz CT molecular complexity index is 1080. The van der Waals surface area contributed by atoms with Gasteiger partial charge < -0.3 is 64.2 Å². The van der Waals surface area contributed by atoms with Crippen molar-refractivity contribution < 1.29 is 73.8 Å². The minimum absolute atomic E-state index is 0.158. The third-order valence-electron chi connectivity index (χ3n) is 10.7. The van der Waals surface area contributed by atoms with Gasteiger partial charge in [0.05, 0.1) is 19.8 Å². The fourth-order valence-corrected chi connectivity index (χ4v) is 6.97. The number of hydrogen-bond donors (Lipinski definition) is 7. The van der Waals surface area contributed by atoms with Gasteiger partial charge in [-0.15, -0.1) is 0 Å². The number of carbonyl (C=O) groups is 2. The molecule has 2 rings (SSSR count). The zero-order chi connectivity index (χ0) is 42.5. The molecular formula is C43H78O15. The Morgan fingerprint density at radius 2 is 0.983 bits per heavy atom. The molecule has 0 aromatic heterocycles. The van der Waals surface area contributed by atoms with E-state index < -0.39 is 92.7 Å². The van der Waals surface area contributed by atoms with Gasteiger partial charge in [0.1, 0.15) is 55.4 Å². The lowest BCUT2D eigenvalue weighted by molar-refractivity contribution is -0.332. The van der Waals surface area contributed by atoms with Crippen LogP contribution >= 0.6 is 0 Å². The number of hydrogen-bond acceptors (Lipinski definition) is 15. The summed E-state index contributed by atoms with van der Waals surface area (Å²) >= 11 is 0. The maximum Gasteiger partial charge on any atom is 0.306 e. The molecule has 15 heteroatoms. The topological polar surface area (TPSA) is 231 Å². The summed E-state index contributed by atoms with van der Waals surface area (Å²) in [5, 5.41) is 71.7. The van der Waals surface area contributed by atoms with Crippen molar-refractivity contribution in [2.24, 2.45) is 0 Å². The lowest BCUT2D eigenvalue weighted by atomic mass is 9.98. The maximum atomic E-state index is 12.9. The van der Waals surface area contributed by atoms with Gasteiger partial charge in [0.15, 0.2) is 18.7 Å². The van der Waals surface area contributed by atoms with Crippen LogP contribution in [0.4, 0.5) is 0 Å². The Kier molecular flexibility index (Phi) is 28.9. The minimum atomic E-state index is -1.76. The van der Waals surface area contributed by atoms with E-state index in [1.807, 2.05) is 0 Å². The van der Waals surface area contributed by atoms with E-state index in [1.54, 1.807) is 0 Å². The predicted molar refractivity (Wildman–Crippen MR) is 215 cm³/mol. The molecule has 0 spiro atoms. The summed E-state index contributed by atoms with van der Waals surface area (Å²) in [5.41, 5.74) is 0. The molecule has 0 radical (unpaired) electrons. The number of rotatable bonds is 33. The second kappa shape index (κ2) is 32.0. The van der Waals surface area contributed by atoms with Crippen molar-refractivity contribution in [2.45, 2.75) is 223 Å². The second-order valence-corrected chi connectivity index (χ2v) is 15.9. The monoisotopic (exact) mass is 835 g/mol. The average Bonchev–Trinajstić information content (AvgIpc) is 3.21. The van der Waals surface area contributed by atoms with Crippen LogP contribution in [0.2, 0.25) is 0 Å². The first-order valence-corrected chi connectivity index (χ1v) is 22.3. The van der Waals surface area contributed by atoms with Crippen molar-refractivity contribution in [3.8, 4) is 0 Å². The van der Waals surface area contributed by atoms with Crippen LogP contribution in [0.5, 0.6) is 0 Å². The molecular weight excluding hydrogens is 756 g/mol. The van der Waals surface area contributed by atoms with Crippen LogP contribution in [0, 0.1) is 0 Å². The van der Waals surface area contributed by atoms with Gasteiger partial charge in [-0.2, -0.15) is 0 Å². The number of ether oxygens (including phenoxy) is 6. The Labute approximate surface area is 346 Å². The van der Waals surface area contributed by atoms with E-state index in [4.69, 9.17) is 28.4 Å². The molecule has 2 saturated heterocycles. The van der Waals surface area contributed by atoms with E-state index in [0.717, 1.165) is 57.8 Å². The molecule has 58 heavy (non-hydrogen) atoms. The molecule has 2 heterocycles. The fraction of sp³-hybridized carbons (Fsp3) is 0.907. The fourth-order valence-electron chi connectivity index (χ4n) is 6.97. The molecule has 0 amide bonds. The van der Waals surface area contributed by atoms with Crippen molar-refractivity contribution in [1.82, 2.24) is 0 Å². The third-order valence-corrected chi connectivity index (χ3v) is 10.7. The SMILES string of the molecule is CCCCCCC/C=C/CCCCCCCC(=O)O[C@H](COC(=O)CCCCCCCCCC)CO[C@@H]1O[C@H](CO[C@@H]2O[C@H](CO)[C@H](O)C(O)C2O)[C@H](O)C(O)C1O. The minimum Gasteiger partial charge on any atom is -0.462 e. The highest BCUT2D eigenvalue weighted by Crippen LogP contribution is 2.26. The first-order chi connectivity index (χ1) is 28.0. The molecule has 0 saturated carbocycles. The molecule has 0 aromatic carbocycles. The zero-order valence-electron chi connectivity index (χ0n) is 35.3. The Morgan fingerprint density at radius 3 is 1.52 bits per heavy atom. The van der Waals surface area contributed by atoms with Crippen LogP contribution in [0.15, 0.2) is 12.2 Å². The normalized spacial score (nSPS) is 28.2. The standard InChI is InChI=1S/C43H78O15/c1-3-5-7-9-11-13-14-15-16-17-18-20-22-24-26-35(46)56-31(28-53-34(45)25-23-21-19-12-10-8-6-4-2)29-54-42-41(52)39(50)37(48)33(58-42)30-55-43-40(51)38(49)36(47)32(27-44)57-43/h14-15,31-33,36-44,47-52H,3-13,16-30H2,1-2H3/b15-14+/t31-,32-,33-,36+,37+,38?,39?,40?,41?,42-,43-/m1/s1. The van der Waals surface area contributed by atoms with E-state index in [2.05, 4.69) is 26.0 Å². The van der Waals surface area contributed by atoms with E-state index >= 15 is 0 Å². The first kappa shape index (κ1) is 52.4. The molecule has 0 bridgehead atoms. The number of allylic oxidation sites excluding steroid dienone is 2. The van der Waals surface area contributed by atoms with Crippen molar-refractivity contribution in [3.63, 3.8) is 0 Å². The molecule has 340 valence electrons. The van der Waals surface area contributed by atoms with Crippen molar-refractivity contribution >= 4 is 11.9 Å². The molecule has 15 nitrogen and oxygen atoms in total. The number of unbranched alkanes of at least 4 members (excludes halogenated alkanes) is 17. The number of esters is 2. The summed E-state index contributed by atoms with van der Waals surface area (Å²) in [6, 6.07) is 0. The lowest BCUT2D eigenvalue weighted by Crippen LogP contribution is -2.61. The zero-order valence-corrected chi connectivity index (χ0v) is 35.3. The largest absolute Gasteiger partial charge is 0.462 e. The molecule has 2 fully saturated rings. The summed E-state index contributed by atoms with van der Waals surface area (Å²) in [7, 11) is 0. The van der Waals surface area contributed by atoms with Gasteiger partial charge in [-0.05, 0) is 38.5 Å². The van der Waals surface area contributed by atoms with Gasteiger partial charge in [-0.3, -0.25) is 9.59 Å². The van der Waals surface area contributed by atoms with Gasteiger partial charge >= 0.3 is 11.9 Å². The molecule has 0 aromatic rings. The van der Waals surface area contributed by atoms with Crippen molar-refractivity contribution in [1.29, 1.82) is 0 Å². The van der Waals surface area contributed by atoms with E-state index in [0.29, 0.717) is 12.8 Å². The van der Waals surface area contributed by atoms with Crippen LogP contribution < -0.4 is 0 Å². The summed E-state index contributed by atoms with van der Waals surface area (Å²) in [6.45, 7) is 2.51. The highest BCUT2D eigenvalue weighted by Gasteiger charge is 2.47. The molecule has 4 unspecified atom stereocenters. The highest BCUT2D eigenvalue weighted by atomic mass is 16.7. The lowest BCUT2D eigenvalue weighted by Gasteiger charge is -2.42. The van der Waals surface area contributed by atoms with Crippen LogP contribution in [-0.2, 0) is 38.0 Å². The first-order valence-electron chi connectivity index (χ1n) is 22.3. The molecule has 2 aliphatic rings. The average molecular weight is 835 g/mol. The predicted octanol–water partition coefficient (Wildman–Crippen LogP) is 4.26. The highest BCUT2D eigenvalue weighted by molar-refractivity contribution is 5.70. The van der Waals surface area contributed by atoms with Gasteiger partial charge in [0, 0.05) is 12.8 Å². The van der Waals surface area contributed by atoms with E-state index in [9.17, 15) is 45.3 Å². The third kappa shape index (κ3) is 21.2. The number of aliphatic hydroxyl groups excluding tert-OH is 7. The van der Waals surface area contributed by atoms with Crippen LogP contribution in [-0.4, -0.2) is 142 Å². The summed E-state index contributed by atoms with van der Waals surface area (Å²) in [5.74, 6) is -0.937. The number of aliphatic hydroxyl groups is 7. The number of carbonyl (C=O) groups excluding carboxylic acids is 2. The quantitative estimate of drug-likeness (QED) is 0.0278. The molecule has 2 aliphatic heterocycles. The Hall–Kier alpha value is -1.76. The summed E-state index contributed by atoms with van der Waals surface area (Å²) < 4.78 is 33.4. The van der Waals surface area contributed by atoms with Crippen molar-refractivity contribution in [2.75, 3.05) is 26.4 Å². The van der Waals surface area contributed by atoms with Gasteiger partial charge in [0.25, 0.3) is 0 Å². The van der Waals surface area contributed by atoms with Gasteiger partial charge in [-0.1, -0.05) is 116 Å². The van der Waals surface area contributed by atoms with Crippen LogP contribution in [0.3, 0.4) is 0 Å². The van der Waals surface area contributed by atoms with Crippen molar-refractivity contribution in [3.05, 3.63) is 12.2 Å². The Balaban J connectivity index is 1.86. The molecule has 7 N–H and O–H groups in total. The second-order valence-electron chi connectivity index (χ2n) is 15.9. The molecule has 0 aliphatic carbocycles. The van der Waals surface area contributed by atoms with Gasteiger partial charge in [-0.25, -0.2) is 0 Å². The Morgan fingerprint density at radius 1 is 0.534 bits per heavy atom. The summed E-state index contributed by atoms with van der Waals surface area (Å²) in [4.78, 5) is 25.5. The van der Waals surface area contributed by atoms with Crippen LogP contribution in [0.1, 0.15) is 155 Å². The van der Waals surface area contributed by atoms with Crippen LogP contribution in [0.25, 0.3) is 0 Å². The maximum absolute atomic E-state index is 12.9.